The van der Waals surface area contributed by atoms with Gasteiger partial charge in [-0.05, 0) is 24.3 Å². The highest BCUT2D eigenvalue weighted by molar-refractivity contribution is 5.92. The molecule has 1 aliphatic rings. The van der Waals surface area contributed by atoms with Gasteiger partial charge in [0.25, 0.3) is 5.91 Å². The van der Waals surface area contributed by atoms with Crippen LogP contribution in [0.3, 0.4) is 0 Å². The number of carbonyl (C=O) groups excluding carboxylic acids is 1. The molecule has 120 valence electrons. The Morgan fingerprint density at radius 2 is 1.91 bits per heavy atom. The van der Waals surface area contributed by atoms with Crippen LogP contribution in [0.5, 0.6) is 17.2 Å². The van der Waals surface area contributed by atoms with Crippen molar-refractivity contribution in [3.05, 3.63) is 48.3 Å². The lowest BCUT2D eigenvalue weighted by atomic mass is 10.3. The zero-order chi connectivity index (χ0) is 16.4. The first-order valence-electron chi connectivity index (χ1n) is 6.49. The summed E-state index contributed by atoms with van der Waals surface area (Å²) in [6, 6.07) is 9.16. The summed E-state index contributed by atoms with van der Waals surface area (Å²) in [7, 11) is 0. The molecule has 0 fully saturated rings. The van der Waals surface area contributed by atoms with Crippen LogP contribution in [0.4, 0.5) is 18.9 Å². The number of rotatable bonds is 4. The third-order valence-corrected chi connectivity index (χ3v) is 2.85. The van der Waals surface area contributed by atoms with Gasteiger partial charge >= 0.3 is 6.29 Å². The minimum Gasteiger partial charge on any atom is -0.484 e. The number of ether oxygens (including phenoxy) is 3. The van der Waals surface area contributed by atoms with Crippen LogP contribution in [0.25, 0.3) is 0 Å². The van der Waals surface area contributed by atoms with Crippen LogP contribution in [-0.2, 0) is 4.79 Å². The molecule has 3 rings (SSSR count). The molecular weight excluding hydrogens is 315 g/mol. The van der Waals surface area contributed by atoms with Gasteiger partial charge in [-0.3, -0.25) is 4.79 Å². The molecule has 8 heteroatoms. The molecule has 23 heavy (non-hydrogen) atoms. The molecule has 5 nitrogen and oxygen atoms in total. The van der Waals surface area contributed by atoms with Gasteiger partial charge in [0.1, 0.15) is 11.6 Å². The number of hydrogen-bond donors (Lipinski definition) is 1. The van der Waals surface area contributed by atoms with E-state index in [0.717, 1.165) is 6.07 Å². The van der Waals surface area contributed by atoms with Crippen molar-refractivity contribution in [3.8, 4) is 17.2 Å². The summed E-state index contributed by atoms with van der Waals surface area (Å²) < 4.78 is 52.4. The molecule has 0 radical (unpaired) electrons. The summed E-state index contributed by atoms with van der Waals surface area (Å²) in [4.78, 5) is 11.7. The molecule has 0 saturated heterocycles. The fourth-order valence-corrected chi connectivity index (χ4v) is 1.93. The molecular formula is C15H10F3NO4. The van der Waals surface area contributed by atoms with Crippen molar-refractivity contribution in [2.24, 2.45) is 0 Å². The van der Waals surface area contributed by atoms with Gasteiger partial charge in [0, 0.05) is 17.8 Å². The predicted octanol–water partition coefficient (Wildman–Crippen LogP) is 3.16. The van der Waals surface area contributed by atoms with Gasteiger partial charge in [-0.15, -0.1) is 8.78 Å². The Hall–Kier alpha value is -2.90. The Morgan fingerprint density at radius 3 is 2.70 bits per heavy atom. The number of alkyl halides is 2. The highest BCUT2D eigenvalue weighted by Crippen LogP contribution is 2.42. The second kappa shape index (κ2) is 5.71. The molecule has 0 spiro atoms. The molecule has 1 N–H and O–H groups in total. The Balaban J connectivity index is 1.59. The fraction of sp³-hybridized carbons (Fsp3) is 0.133. The highest BCUT2D eigenvalue weighted by Gasteiger charge is 2.43. The van der Waals surface area contributed by atoms with Crippen LogP contribution in [0.15, 0.2) is 42.5 Å². The molecule has 2 aromatic rings. The van der Waals surface area contributed by atoms with Crippen LogP contribution < -0.4 is 19.5 Å². The molecule has 0 unspecified atom stereocenters. The van der Waals surface area contributed by atoms with Crippen LogP contribution in [0, 0.1) is 5.82 Å². The number of nitrogens with one attached hydrogen (secondary N) is 1. The quantitative estimate of drug-likeness (QED) is 0.938. The van der Waals surface area contributed by atoms with Crippen molar-refractivity contribution in [3.63, 3.8) is 0 Å². The Morgan fingerprint density at radius 1 is 1.13 bits per heavy atom. The van der Waals surface area contributed by atoms with Crippen LogP contribution in [-0.4, -0.2) is 18.8 Å². The zero-order valence-corrected chi connectivity index (χ0v) is 11.5. The topological polar surface area (TPSA) is 56.8 Å². The number of halogens is 3. The average molecular weight is 325 g/mol. The lowest BCUT2D eigenvalue weighted by molar-refractivity contribution is -0.286. The van der Waals surface area contributed by atoms with Crippen molar-refractivity contribution in [2.75, 3.05) is 11.9 Å². The molecule has 0 atom stereocenters. The molecule has 1 aliphatic heterocycles. The molecule has 0 bridgehead atoms. The van der Waals surface area contributed by atoms with E-state index in [2.05, 4.69) is 14.8 Å². The third kappa shape index (κ3) is 3.65. The van der Waals surface area contributed by atoms with Gasteiger partial charge < -0.3 is 19.5 Å². The predicted molar refractivity (Wildman–Crippen MR) is 73.2 cm³/mol. The van der Waals surface area contributed by atoms with Gasteiger partial charge in [0.2, 0.25) is 0 Å². The summed E-state index contributed by atoms with van der Waals surface area (Å²) >= 11 is 0. The summed E-state index contributed by atoms with van der Waals surface area (Å²) in [6.07, 6.45) is -3.72. The fourth-order valence-electron chi connectivity index (χ4n) is 1.93. The van der Waals surface area contributed by atoms with Gasteiger partial charge in [0.05, 0.1) is 0 Å². The van der Waals surface area contributed by atoms with Crippen molar-refractivity contribution < 1.29 is 32.2 Å². The normalized spacial score (nSPS) is 14.4. The average Bonchev–Trinajstić information content (AvgIpc) is 2.78. The SMILES string of the molecule is O=C(COc1cccc(F)c1)Nc1ccc2c(c1)OC(F)(F)O2. The molecule has 2 aromatic carbocycles. The smallest absolute Gasteiger partial charge is 0.484 e. The van der Waals surface area contributed by atoms with Crippen molar-refractivity contribution in [1.29, 1.82) is 0 Å². The van der Waals surface area contributed by atoms with Crippen molar-refractivity contribution >= 4 is 11.6 Å². The van der Waals surface area contributed by atoms with E-state index in [0.29, 0.717) is 0 Å². The number of carbonyl (C=O) groups is 1. The number of hydrogen-bond acceptors (Lipinski definition) is 4. The van der Waals surface area contributed by atoms with Gasteiger partial charge in [0.15, 0.2) is 18.1 Å². The molecule has 1 amide bonds. The monoisotopic (exact) mass is 325 g/mol. The largest absolute Gasteiger partial charge is 0.586 e. The summed E-state index contributed by atoms with van der Waals surface area (Å²) in [5.74, 6) is -1.13. The standard InChI is InChI=1S/C15H10F3NO4/c16-9-2-1-3-11(6-9)21-8-14(20)19-10-4-5-12-13(7-10)23-15(17,18)22-12/h1-7H,8H2,(H,19,20). The van der Waals surface area contributed by atoms with E-state index in [-0.39, 0.29) is 29.5 Å². The van der Waals surface area contributed by atoms with Crippen molar-refractivity contribution in [2.45, 2.75) is 6.29 Å². The maximum atomic E-state index is 13.0. The van der Waals surface area contributed by atoms with Crippen molar-refractivity contribution in [1.82, 2.24) is 0 Å². The maximum absolute atomic E-state index is 13.0. The third-order valence-electron chi connectivity index (χ3n) is 2.85. The second-order valence-corrected chi connectivity index (χ2v) is 4.62. The minimum absolute atomic E-state index is 0.121. The number of fused-ring (bicyclic) bond motifs is 1. The Labute approximate surface area is 128 Å². The van der Waals surface area contributed by atoms with Gasteiger partial charge in [-0.1, -0.05) is 6.07 Å². The zero-order valence-electron chi connectivity index (χ0n) is 11.5. The first-order valence-corrected chi connectivity index (χ1v) is 6.49. The van der Waals surface area contributed by atoms with E-state index >= 15 is 0 Å². The lowest BCUT2D eigenvalue weighted by Gasteiger charge is -2.08. The number of benzene rings is 2. The van der Waals surface area contributed by atoms with E-state index < -0.39 is 18.0 Å². The first-order chi connectivity index (χ1) is 10.9. The van der Waals surface area contributed by atoms with Crippen LogP contribution >= 0.6 is 0 Å². The molecule has 0 saturated carbocycles. The van der Waals surface area contributed by atoms with Gasteiger partial charge in [-0.2, -0.15) is 0 Å². The Kier molecular flexibility index (Phi) is 3.73. The lowest BCUT2D eigenvalue weighted by Crippen LogP contribution is -2.25. The minimum atomic E-state index is -3.72. The summed E-state index contributed by atoms with van der Waals surface area (Å²) in [5, 5.41) is 2.45. The molecule has 0 aromatic heterocycles. The van der Waals surface area contributed by atoms with E-state index in [9.17, 15) is 18.0 Å². The second-order valence-electron chi connectivity index (χ2n) is 4.62. The van der Waals surface area contributed by atoms with Crippen LogP contribution in [0.2, 0.25) is 0 Å². The summed E-state index contributed by atoms with van der Waals surface area (Å²) in [6.45, 7) is -0.367. The van der Waals surface area contributed by atoms with E-state index in [4.69, 9.17) is 4.74 Å². The van der Waals surface area contributed by atoms with Crippen LogP contribution in [0.1, 0.15) is 0 Å². The molecule has 0 aliphatic carbocycles. The maximum Gasteiger partial charge on any atom is 0.586 e. The van der Waals surface area contributed by atoms with E-state index in [1.54, 1.807) is 0 Å². The summed E-state index contributed by atoms with van der Waals surface area (Å²) in [5.41, 5.74) is 0.234. The van der Waals surface area contributed by atoms with Gasteiger partial charge in [-0.25, -0.2) is 4.39 Å². The highest BCUT2D eigenvalue weighted by atomic mass is 19.3. The number of anilines is 1. The Bertz CT molecular complexity index is 751. The van der Waals surface area contributed by atoms with E-state index in [1.807, 2.05) is 0 Å². The molecule has 1 heterocycles. The first kappa shape index (κ1) is 15.0. The van der Waals surface area contributed by atoms with E-state index in [1.165, 1.54) is 36.4 Å². The number of amides is 1.